The van der Waals surface area contributed by atoms with Crippen molar-refractivity contribution in [1.82, 2.24) is 9.80 Å². The van der Waals surface area contributed by atoms with E-state index in [1.165, 1.54) is 25.7 Å². The van der Waals surface area contributed by atoms with Crippen LogP contribution < -0.4 is 0 Å². The quantitative estimate of drug-likeness (QED) is 0.907. The monoisotopic (exact) mass is 316 g/mol. The molecule has 0 aromatic heterocycles. The van der Waals surface area contributed by atoms with Crippen LogP contribution in [0.25, 0.3) is 0 Å². The molecule has 2 fully saturated rings. The lowest BCUT2D eigenvalue weighted by Gasteiger charge is -2.27. The average Bonchev–Trinajstić information content (AvgIpc) is 3.06. The second-order valence-corrected chi connectivity index (χ2v) is 7.65. The van der Waals surface area contributed by atoms with Crippen LogP contribution in [0.3, 0.4) is 0 Å². The van der Waals surface area contributed by atoms with E-state index in [2.05, 4.69) is 30.9 Å². The second-order valence-electron chi connectivity index (χ2n) is 7.65. The molecular formula is C19H28N2O2. The fourth-order valence-corrected chi connectivity index (χ4v) is 4.55. The van der Waals surface area contributed by atoms with Crippen LogP contribution in [0.15, 0.2) is 24.3 Å². The van der Waals surface area contributed by atoms with Gasteiger partial charge in [-0.1, -0.05) is 12.1 Å². The molecule has 0 spiro atoms. The van der Waals surface area contributed by atoms with E-state index in [4.69, 9.17) is 5.11 Å². The van der Waals surface area contributed by atoms with Gasteiger partial charge in [-0.3, -0.25) is 4.90 Å². The summed E-state index contributed by atoms with van der Waals surface area (Å²) in [5.74, 6) is 0.903. The Morgan fingerprint density at radius 1 is 1.09 bits per heavy atom. The topological polar surface area (TPSA) is 43.8 Å². The number of fused-ring (bicyclic) bond motifs is 1. The van der Waals surface area contributed by atoms with Crippen LogP contribution in [-0.4, -0.2) is 54.1 Å². The van der Waals surface area contributed by atoms with E-state index < -0.39 is 5.97 Å². The number of carboxylic acid groups (broad SMARTS) is 1. The third-order valence-corrected chi connectivity index (χ3v) is 5.93. The Hall–Kier alpha value is -1.39. The number of aromatic carboxylic acids is 1. The molecule has 126 valence electrons. The smallest absolute Gasteiger partial charge is 0.335 e. The maximum atomic E-state index is 11.1. The summed E-state index contributed by atoms with van der Waals surface area (Å²) in [5, 5.41) is 9.12. The second kappa shape index (κ2) is 6.62. The SMILES string of the molecule is CN(C)C1C[C@@H]2CC(N(C)Cc3cccc(C(=O)O)c3)C[C@@H]2C1. The van der Waals surface area contributed by atoms with E-state index in [-0.39, 0.29) is 0 Å². The largest absolute Gasteiger partial charge is 0.478 e. The number of hydrogen-bond donors (Lipinski definition) is 1. The van der Waals surface area contributed by atoms with Gasteiger partial charge in [-0.15, -0.1) is 0 Å². The number of nitrogens with zero attached hydrogens (tertiary/aromatic N) is 2. The lowest BCUT2D eigenvalue weighted by atomic mass is 10.0. The van der Waals surface area contributed by atoms with Crippen molar-refractivity contribution in [2.24, 2.45) is 11.8 Å². The first-order chi connectivity index (χ1) is 10.9. The third-order valence-electron chi connectivity index (χ3n) is 5.93. The Kier molecular flexibility index (Phi) is 4.74. The Morgan fingerprint density at radius 3 is 2.26 bits per heavy atom. The molecule has 3 rings (SSSR count). The van der Waals surface area contributed by atoms with Crippen molar-refractivity contribution >= 4 is 5.97 Å². The minimum Gasteiger partial charge on any atom is -0.478 e. The molecule has 23 heavy (non-hydrogen) atoms. The predicted octanol–water partition coefficient (Wildman–Crippen LogP) is 2.94. The van der Waals surface area contributed by atoms with Crippen LogP contribution in [0.1, 0.15) is 41.6 Å². The Morgan fingerprint density at radius 2 is 1.70 bits per heavy atom. The first-order valence-corrected chi connectivity index (χ1v) is 8.63. The van der Waals surface area contributed by atoms with E-state index >= 15 is 0 Å². The lowest BCUT2D eigenvalue weighted by Crippen LogP contribution is -2.31. The summed E-state index contributed by atoms with van der Waals surface area (Å²) in [6, 6.07) is 8.74. The minimum absolute atomic E-state index is 0.382. The summed E-state index contributed by atoms with van der Waals surface area (Å²) >= 11 is 0. The highest BCUT2D eigenvalue weighted by atomic mass is 16.4. The first-order valence-electron chi connectivity index (χ1n) is 8.63. The predicted molar refractivity (Wildman–Crippen MR) is 91.6 cm³/mol. The maximum Gasteiger partial charge on any atom is 0.335 e. The molecule has 1 aromatic carbocycles. The van der Waals surface area contributed by atoms with E-state index in [9.17, 15) is 4.79 Å². The highest BCUT2D eigenvalue weighted by Gasteiger charge is 2.43. The summed E-state index contributed by atoms with van der Waals surface area (Å²) in [4.78, 5) is 15.9. The molecule has 1 aromatic rings. The van der Waals surface area contributed by atoms with Gasteiger partial charge in [0.05, 0.1) is 5.56 Å². The van der Waals surface area contributed by atoms with E-state index in [1.54, 1.807) is 12.1 Å². The lowest BCUT2D eigenvalue weighted by molar-refractivity contribution is 0.0696. The van der Waals surface area contributed by atoms with Crippen LogP contribution in [0, 0.1) is 11.8 Å². The molecule has 2 unspecified atom stereocenters. The number of rotatable bonds is 5. The fourth-order valence-electron chi connectivity index (χ4n) is 4.55. The van der Waals surface area contributed by atoms with Gasteiger partial charge in [0.1, 0.15) is 0 Å². The van der Waals surface area contributed by atoms with Gasteiger partial charge in [0, 0.05) is 18.6 Å². The van der Waals surface area contributed by atoms with Gasteiger partial charge in [-0.05, 0) is 76.4 Å². The molecule has 2 saturated carbocycles. The van der Waals surface area contributed by atoms with Crippen molar-refractivity contribution in [2.75, 3.05) is 21.1 Å². The van der Waals surface area contributed by atoms with E-state index in [1.807, 2.05) is 12.1 Å². The summed E-state index contributed by atoms with van der Waals surface area (Å²) in [6.45, 7) is 0.836. The van der Waals surface area contributed by atoms with E-state index in [0.29, 0.717) is 11.6 Å². The van der Waals surface area contributed by atoms with Crippen LogP contribution in [-0.2, 0) is 6.54 Å². The molecule has 0 aliphatic heterocycles. The van der Waals surface area contributed by atoms with Crippen molar-refractivity contribution in [3.8, 4) is 0 Å². The van der Waals surface area contributed by atoms with Crippen LogP contribution in [0.5, 0.6) is 0 Å². The van der Waals surface area contributed by atoms with Crippen molar-refractivity contribution in [3.05, 3.63) is 35.4 Å². The summed E-state index contributed by atoms with van der Waals surface area (Å²) in [7, 11) is 6.58. The molecule has 4 heteroatoms. The zero-order chi connectivity index (χ0) is 16.6. The van der Waals surface area contributed by atoms with Gasteiger partial charge in [-0.25, -0.2) is 4.79 Å². The van der Waals surface area contributed by atoms with E-state index in [0.717, 1.165) is 30.0 Å². The molecular weight excluding hydrogens is 288 g/mol. The minimum atomic E-state index is -0.848. The first kappa shape index (κ1) is 16.5. The van der Waals surface area contributed by atoms with Gasteiger partial charge in [0.15, 0.2) is 0 Å². The van der Waals surface area contributed by atoms with Crippen molar-refractivity contribution in [1.29, 1.82) is 0 Å². The van der Waals surface area contributed by atoms with Crippen molar-refractivity contribution in [2.45, 2.75) is 44.3 Å². The standard InChI is InChI=1S/C19H28N2O2/c1-20(2)17-8-15-10-18(11-16(15)9-17)21(3)12-13-5-4-6-14(7-13)19(22)23/h4-7,15-18H,8-12H2,1-3H3,(H,22,23)/t15-,16+,17?,18?. The zero-order valence-electron chi connectivity index (χ0n) is 14.4. The third kappa shape index (κ3) is 3.59. The average molecular weight is 316 g/mol. The van der Waals surface area contributed by atoms with Gasteiger partial charge in [-0.2, -0.15) is 0 Å². The normalized spacial score (nSPS) is 30.1. The van der Waals surface area contributed by atoms with Gasteiger partial charge in [0.25, 0.3) is 0 Å². The summed E-state index contributed by atoms with van der Waals surface area (Å²) in [6.07, 6.45) is 5.28. The number of benzene rings is 1. The molecule has 0 saturated heterocycles. The zero-order valence-corrected chi connectivity index (χ0v) is 14.4. The molecule has 1 N–H and O–H groups in total. The van der Waals surface area contributed by atoms with Crippen molar-refractivity contribution in [3.63, 3.8) is 0 Å². The Bertz CT molecular complexity index is 558. The summed E-state index contributed by atoms with van der Waals surface area (Å²) in [5.41, 5.74) is 1.48. The fraction of sp³-hybridized carbons (Fsp3) is 0.632. The molecule has 0 amide bonds. The molecule has 0 bridgehead atoms. The summed E-state index contributed by atoms with van der Waals surface area (Å²) < 4.78 is 0. The Balaban J connectivity index is 1.58. The van der Waals surface area contributed by atoms with Gasteiger partial charge >= 0.3 is 5.97 Å². The highest BCUT2D eigenvalue weighted by Crippen LogP contribution is 2.46. The van der Waals surface area contributed by atoms with Crippen LogP contribution in [0.2, 0.25) is 0 Å². The molecule has 4 nitrogen and oxygen atoms in total. The number of carboxylic acids is 1. The van der Waals surface area contributed by atoms with Crippen LogP contribution in [0.4, 0.5) is 0 Å². The molecule has 2 aliphatic carbocycles. The van der Waals surface area contributed by atoms with Crippen molar-refractivity contribution < 1.29 is 9.90 Å². The molecule has 4 atom stereocenters. The molecule has 0 heterocycles. The maximum absolute atomic E-state index is 11.1. The van der Waals surface area contributed by atoms with Gasteiger partial charge < -0.3 is 10.0 Å². The number of hydrogen-bond acceptors (Lipinski definition) is 3. The van der Waals surface area contributed by atoms with Crippen LogP contribution >= 0.6 is 0 Å². The molecule has 0 radical (unpaired) electrons. The molecule has 2 aliphatic rings. The Labute approximate surface area is 139 Å². The highest BCUT2D eigenvalue weighted by molar-refractivity contribution is 5.87. The number of carbonyl (C=O) groups is 1. The van der Waals surface area contributed by atoms with Gasteiger partial charge in [0.2, 0.25) is 0 Å².